The van der Waals surface area contributed by atoms with Crippen LogP contribution in [-0.2, 0) is 0 Å². The maximum Gasteiger partial charge on any atom is 0.257 e. The number of unbranched alkanes of at least 4 members (excludes halogenated alkanes) is 4. The van der Waals surface area contributed by atoms with Crippen molar-refractivity contribution in [3.05, 3.63) is 90.0 Å². The van der Waals surface area contributed by atoms with Crippen LogP contribution in [0.4, 0.5) is 11.4 Å². The van der Waals surface area contributed by atoms with E-state index in [9.17, 15) is 9.59 Å². The predicted molar refractivity (Wildman–Crippen MR) is 145 cm³/mol. The van der Waals surface area contributed by atoms with E-state index in [0.29, 0.717) is 29.1 Å². The van der Waals surface area contributed by atoms with Crippen molar-refractivity contribution in [3.8, 4) is 5.75 Å². The number of rotatable bonds is 11. The lowest BCUT2D eigenvalue weighted by Gasteiger charge is -2.12. The maximum atomic E-state index is 12.6. The molecule has 2 amide bonds. The first-order valence-electron chi connectivity index (χ1n) is 11.9. The third-order valence-corrected chi connectivity index (χ3v) is 5.48. The van der Waals surface area contributed by atoms with Crippen LogP contribution in [0.1, 0.15) is 59.7 Å². The quantitative estimate of drug-likeness (QED) is 0.214. The van der Waals surface area contributed by atoms with Crippen LogP contribution in [0, 0.1) is 0 Å². The summed E-state index contributed by atoms with van der Waals surface area (Å²) in [7, 11) is 0. The lowest BCUT2D eigenvalue weighted by molar-refractivity contribution is 0.0976. The van der Waals surface area contributed by atoms with Gasteiger partial charge in [-0.15, -0.1) is 0 Å². The number of nitrogens with one attached hydrogen (secondary N) is 3. The Labute approximate surface area is 212 Å². The molecule has 35 heavy (non-hydrogen) atoms. The van der Waals surface area contributed by atoms with Gasteiger partial charge in [-0.2, -0.15) is 0 Å². The minimum Gasteiger partial charge on any atom is -0.494 e. The van der Waals surface area contributed by atoms with E-state index in [0.717, 1.165) is 12.2 Å². The zero-order chi connectivity index (χ0) is 24.9. The van der Waals surface area contributed by atoms with Crippen LogP contribution in [0.15, 0.2) is 78.9 Å². The van der Waals surface area contributed by atoms with Crippen LogP contribution in [0.25, 0.3) is 0 Å². The number of carbonyl (C=O) groups is 2. The van der Waals surface area contributed by atoms with Crippen molar-refractivity contribution in [1.29, 1.82) is 0 Å². The molecule has 3 rings (SSSR count). The molecule has 0 saturated carbocycles. The Morgan fingerprint density at radius 1 is 0.743 bits per heavy atom. The molecule has 0 radical (unpaired) electrons. The SMILES string of the molecule is CCCCCCCOc1ccc(C(=O)NC(=S)Nc2cccc(NC(=O)c3ccccc3)c2)cc1. The number of hydrogen-bond acceptors (Lipinski definition) is 4. The Kier molecular flexibility index (Phi) is 10.3. The van der Waals surface area contributed by atoms with E-state index in [1.54, 1.807) is 60.7 Å². The highest BCUT2D eigenvalue weighted by molar-refractivity contribution is 7.80. The van der Waals surface area contributed by atoms with Gasteiger partial charge in [-0.05, 0) is 73.2 Å². The number of ether oxygens (including phenoxy) is 1. The molecule has 0 aliphatic rings. The largest absolute Gasteiger partial charge is 0.494 e. The van der Waals surface area contributed by atoms with Crippen molar-refractivity contribution in [2.75, 3.05) is 17.2 Å². The maximum absolute atomic E-state index is 12.6. The van der Waals surface area contributed by atoms with Gasteiger partial charge in [-0.1, -0.05) is 56.9 Å². The Bertz CT molecular complexity index is 1120. The highest BCUT2D eigenvalue weighted by Gasteiger charge is 2.10. The molecule has 3 aromatic rings. The molecule has 0 saturated heterocycles. The van der Waals surface area contributed by atoms with Crippen LogP contribution in [0.3, 0.4) is 0 Å². The van der Waals surface area contributed by atoms with Crippen molar-refractivity contribution < 1.29 is 14.3 Å². The van der Waals surface area contributed by atoms with Gasteiger partial charge in [0.15, 0.2) is 5.11 Å². The van der Waals surface area contributed by atoms with Gasteiger partial charge >= 0.3 is 0 Å². The first kappa shape index (κ1) is 25.9. The summed E-state index contributed by atoms with van der Waals surface area (Å²) >= 11 is 5.29. The minimum absolute atomic E-state index is 0.161. The molecular formula is C28H31N3O3S. The number of amides is 2. The monoisotopic (exact) mass is 489 g/mol. The van der Waals surface area contributed by atoms with Gasteiger partial charge in [0.2, 0.25) is 0 Å². The highest BCUT2D eigenvalue weighted by Crippen LogP contribution is 2.17. The second-order valence-corrected chi connectivity index (χ2v) is 8.50. The molecule has 7 heteroatoms. The summed E-state index contributed by atoms with van der Waals surface area (Å²) in [4.78, 5) is 24.9. The molecule has 0 aromatic heterocycles. The first-order chi connectivity index (χ1) is 17.0. The lowest BCUT2D eigenvalue weighted by atomic mass is 10.2. The molecule has 3 N–H and O–H groups in total. The van der Waals surface area contributed by atoms with Gasteiger partial charge < -0.3 is 15.4 Å². The van der Waals surface area contributed by atoms with Crippen molar-refractivity contribution >= 4 is 40.5 Å². The van der Waals surface area contributed by atoms with E-state index in [4.69, 9.17) is 17.0 Å². The van der Waals surface area contributed by atoms with Gasteiger partial charge in [0, 0.05) is 22.5 Å². The van der Waals surface area contributed by atoms with Crippen LogP contribution in [0.5, 0.6) is 5.75 Å². The van der Waals surface area contributed by atoms with Crippen molar-refractivity contribution in [3.63, 3.8) is 0 Å². The number of carbonyl (C=O) groups excluding carboxylic acids is 2. The zero-order valence-corrected chi connectivity index (χ0v) is 20.7. The first-order valence-corrected chi connectivity index (χ1v) is 12.3. The number of hydrogen-bond donors (Lipinski definition) is 3. The van der Waals surface area contributed by atoms with Gasteiger partial charge in [0.05, 0.1) is 6.61 Å². The van der Waals surface area contributed by atoms with Crippen LogP contribution < -0.4 is 20.7 Å². The number of anilines is 2. The molecule has 3 aromatic carbocycles. The molecule has 0 atom stereocenters. The van der Waals surface area contributed by atoms with Crippen molar-refractivity contribution in [2.24, 2.45) is 0 Å². The normalized spacial score (nSPS) is 10.3. The lowest BCUT2D eigenvalue weighted by Crippen LogP contribution is -2.34. The average Bonchev–Trinajstić information content (AvgIpc) is 2.87. The Balaban J connectivity index is 1.46. The third-order valence-electron chi connectivity index (χ3n) is 5.27. The molecule has 6 nitrogen and oxygen atoms in total. The fourth-order valence-corrected chi connectivity index (χ4v) is 3.61. The topological polar surface area (TPSA) is 79.5 Å². The summed E-state index contributed by atoms with van der Waals surface area (Å²) in [5, 5.41) is 8.67. The third kappa shape index (κ3) is 8.87. The molecule has 0 spiro atoms. The van der Waals surface area contributed by atoms with Crippen LogP contribution >= 0.6 is 12.2 Å². The van der Waals surface area contributed by atoms with Crippen molar-refractivity contribution in [2.45, 2.75) is 39.0 Å². The van der Waals surface area contributed by atoms with E-state index in [-0.39, 0.29) is 16.9 Å². The number of thiocarbonyl (C=S) groups is 1. The smallest absolute Gasteiger partial charge is 0.257 e. The molecule has 0 heterocycles. The van der Waals surface area contributed by atoms with Gasteiger partial charge in [-0.3, -0.25) is 14.9 Å². The molecule has 0 unspecified atom stereocenters. The van der Waals surface area contributed by atoms with E-state index in [1.165, 1.54) is 25.7 Å². The summed E-state index contributed by atoms with van der Waals surface area (Å²) in [5.74, 6) is 0.219. The number of benzene rings is 3. The Hall–Kier alpha value is -3.71. The van der Waals surface area contributed by atoms with Gasteiger partial charge in [-0.25, -0.2) is 0 Å². The summed E-state index contributed by atoms with van der Waals surface area (Å²) in [5.41, 5.74) is 2.30. The van der Waals surface area contributed by atoms with Crippen molar-refractivity contribution in [1.82, 2.24) is 5.32 Å². The Morgan fingerprint density at radius 3 is 2.11 bits per heavy atom. The fourth-order valence-electron chi connectivity index (χ4n) is 3.40. The highest BCUT2D eigenvalue weighted by atomic mass is 32.1. The second-order valence-electron chi connectivity index (χ2n) is 8.10. The summed E-state index contributed by atoms with van der Waals surface area (Å²) in [6.07, 6.45) is 5.92. The second kappa shape index (κ2) is 13.9. The van der Waals surface area contributed by atoms with E-state index < -0.39 is 0 Å². The summed E-state index contributed by atoms with van der Waals surface area (Å²) < 4.78 is 5.75. The van der Waals surface area contributed by atoms with Gasteiger partial charge in [0.25, 0.3) is 11.8 Å². The molecule has 0 aliphatic carbocycles. The summed E-state index contributed by atoms with van der Waals surface area (Å²) in [6, 6.07) is 23.1. The average molecular weight is 490 g/mol. The fraction of sp³-hybridized carbons (Fsp3) is 0.250. The van der Waals surface area contributed by atoms with E-state index in [2.05, 4.69) is 22.9 Å². The summed E-state index contributed by atoms with van der Waals surface area (Å²) in [6.45, 7) is 2.87. The molecular weight excluding hydrogens is 458 g/mol. The predicted octanol–water partition coefficient (Wildman–Crippen LogP) is 6.41. The Morgan fingerprint density at radius 2 is 1.40 bits per heavy atom. The van der Waals surface area contributed by atoms with Crippen LogP contribution in [0.2, 0.25) is 0 Å². The molecule has 0 bridgehead atoms. The molecule has 0 aliphatic heterocycles. The van der Waals surface area contributed by atoms with Crippen LogP contribution in [-0.4, -0.2) is 23.5 Å². The van der Waals surface area contributed by atoms with E-state index in [1.807, 2.05) is 18.2 Å². The standard InChI is InChI=1S/C28H31N3O3S/c1-2-3-4-5-9-19-34-25-17-15-22(16-18-25)27(33)31-28(35)30-24-14-10-13-23(20-24)29-26(32)21-11-7-6-8-12-21/h6-8,10-18,20H,2-5,9,19H2,1H3,(H,29,32)(H2,30,31,33,35). The van der Waals surface area contributed by atoms with E-state index >= 15 is 0 Å². The zero-order valence-electron chi connectivity index (χ0n) is 19.9. The molecule has 182 valence electrons. The minimum atomic E-state index is -0.317. The molecule has 0 fully saturated rings. The van der Waals surface area contributed by atoms with Gasteiger partial charge in [0.1, 0.15) is 5.75 Å².